The van der Waals surface area contributed by atoms with Gasteiger partial charge in [0.2, 0.25) is 0 Å². The number of aliphatic carboxylic acids is 1. The number of urea groups is 1. The number of amides is 2. The molecule has 2 amide bonds. The lowest BCUT2D eigenvalue weighted by molar-refractivity contribution is -0.140. The minimum atomic E-state index is -0.948. The number of carbonyl (C=O) groups excluding carboxylic acids is 1. The quantitative estimate of drug-likeness (QED) is 0.633. The first kappa shape index (κ1) is 12.9. The molecule has 1 rings (SSSR count). The van der Waals surface area contributed by atoms with E-state index < -0.39 is 17.9 Å². The first-order chi connectivity index (χ1) is 7.99. The third kappa shape index (κ3) is 4.49. The molecule has 0 bridgehead atoms. The van der Waals surface area contributed by atoms with Gasteiger partial charge in [-0.2, -0.15) is 5.10 Å². The van der Waals surface area contributed by atoms with Crippen LogP contribution >= 0.6 is 0 Å². The highest BCUT2D eigenvalue weighted by molar-refractivity contribution is 5.75. The number of rotatable bonds is 5. The summed E-state index contributed by atoms with van der Waals surface area (Å²) >= 11 is 0. The summed E-state index contributed by atoms with van der Waals surface area (Å²) in [4.78, 5) is 25.7. The van der Waals surface area contributed by atoms with E-state index >= 15 is 0 Å². The summed E-state index contributed by atoms with van der Waals surface area (Å²) in [6, 6.07) is -0.439. The van der Waals surface area contributed by atoms with E-state index in [1.807, 2.05) is 0 Å². The number of carboxylic acid groups (broad SMARTS) is 1. The fourth-order valence-corrected chi connectivity index (χ4v) is 1.02. The molecule has 94 valence electrons. The van der Waals surface area contributed by atoms with E-state index in [9.17, 15) is 9.59 Å². The summed E-state index contributed by atoms with van der Waals surface area (Å²) in [7, 11) is 1.73. The maximum absolute atomic E-state index is 11.3. The topological polar surface area (TPSA) is 109 Å². The monoisotopic (exact) mass is 241 g/mol. The highest BCUT2D eigenvalue weighted by Gasteiger charge is 2.11. The predicted molar refractivity (Wildman–Crippen MR) is 58.0 cm³/mol. The van der Waals surface area contributed by atoms with Gasteiger partial charge in [0.15, 0.2) is 5.82 Å². The second-order valence-corrected chi connectivity index (χ2v) is 3.64. The summed E-state index contributed by atoms with van der Waals surface area (Å²) in [6.45, 7) is 1.80. The van der Waals surface area contributed by atoms with Gasteiger partial charge in [0, 0.05) is 13.6 Å². The van der Waals surface area contributed by atoms with Crippen LogP contribution in [0, 0.1) is 5.92 Å². The van der Waals surface area contributed by atoms with Crippen molar-refractivity contribution in [2.24, 2.45) is 13.0 Å². The smallest absolute Gasteiger partial charge is 0.315 e. The molecule has 17 heavy (non-hydrogen) atoms. The molecular weight excluding hydrogens is 226 g/mol. The Bertz CT molecular complexity index is 403. The van der Waals surface area contributed by atoms with Crippen molar-refractivity contribution >= 4 is 12.0 Å². The van der Waals surface area contributed by atoms with Gasteiger partial charge in [-0.3, -0.25) is 9.48 Å². The summed E-state index contributed by atoms with van der Waals surface area (Å²) in [5, 5.41) is 17.6. The zero-order chi connectivity index (χ0) is 12.8. The SMILES string of the molecule is CC(CNC(=O)NCc1ncn(C)n1)C(=O)O. The van der Waals surface area contributed by atoms with Crippen LogP contribution in [0.2, 0.25) is 0 Å². The van der Waals surface area contributed by atoms with Gasteiger partial charge in [-0.15, -0.1) is 0 Å². The zero-order valence-corrected chi connectivity index (χ0v) is 9.67. The molecule has 0 aliphatic heterocycles. The molecule has 0 saturated carbocycles. The van der Waals surface area contributed by atoms with Crippen molar-refractivity contribution < 1.29 is 14.7 Å². The molecule has 8 nitrogen and oxygen atoms in total. The van der Waals surface area contributed by atoms with Crippen molar-refractivity contribution in [3.63, 3.8) is 0 Å². The molecule has 0 aliphatic rings. The minimum Gasteiger partial charge on any atom is -0.481 e. The molecule has 0 aromatic carbocycles. The van der Waals surface area contributed by atoms with Gasteiger partial charge in [-0.25, -0.2) is 9.78 Å². The van der Waals surface area contributed by atoms with Crippen molar-refractivity contribution in [3.05, 3.63) is 12.2 Å². The standard InChI is InChI=1S/C9H15N5O3/c1-6(8(15)16)3-10-9(17)11-4-7-12-5-14(2)13-7/h5-6H,3-4H2,1-2H3,(H,15,16)(H2,10,11,17). The van der Waals surface area contributed by atoms with Crippen LogP contribution in [0.4, 0.5) is 4.79 Å². The van der Waals surface area contributed by atoms with Crippen LogP contribution in [0.5, 0.6) is 0 Å². The molecule has 1 unspecified atom stereocenters. The van der Waals surface area contributed by atoms with Gasteiger partial charge in [-0.1, -0.05) is 6.92 Å². The van der Waals surface area contributed by atoms with Crippen molar-refractivity contribution in [2.45, 2.75) is 13.5 Å². The number of carbonyl (C=O) groups is 2. The molecule has 0 aliphatic carbocycles. The number of hydrogen-bond donors (Lipinski definition) is 3. The van der Waals surface area contributed by atoms with Crippen LogP contribution in [-0.4, -0.2) is 38.4 Å². The van der Waals surface area contributed by atoms with Gasteiger partial charge in [-0.05, 0) is 0 Å². The van der Waals surface area contributed by atoms with Crippen LogP contribution < -0.4 is 10.6 Å². The Labute approximate surface area is 98.0 Å². The van der Waals surface area contributed by atoms with E-state index in [2.05, 4.69) is 20.7 Å². The second kappa shape index (κ2) is 5.83. The lowest BCUT2D eigenvalue weighted by Gasteiger charge is -2.08. The highest BCUT2D eigenvalue weighted by Crippen LogP contribution is 1.91. The lowest BCUT2D eigenvalue weighted by Crippen LogP contribution is -2.39. The van der Waals surface area contributed by atoms with Gasteiger partial charge >= 0.3 is 12.0 Å². The predicted octanol–water partition coefficient (Wildman–Crippen LogP) is -0.665. The summed E-state index contributed by atoms with van der Waals surface area (Å²) < 4.78 is 1.53. The van der Waals surface area contributed by atoms with E-state index in [1.54, 1.807) is 7.05 Å². The van der Waals surface area contributed by atoms with E-state index in [4.69, 9.17) is 5.11 Å². The highest BCUT2D eigenvalue weighted by atomic mass is 16.4. The molecule has 1 aromatic heterocycles. The van der Waals surface area contributed by atoms with Crippen LogP contribution in [0.25, 0.3) is 0 Å². The Morgan fingerprint density at radius 2 is 2.24 bits per heavy atom. The Balaban J connectivity index is 2.24. The molecule has 0 radical (unpaired) electrons. The molecule has 8 heteroatoms. The molecule has 1 atom stereocenters. The fraction of sp³-hybridized carbons (Fsp3) is 0.556. The molecule has 1 aromatic rings. The Morgan fingerprint density at radius 3 is 2.76 bits per heavy atom. The van der Waals surface area contributed by atoms with Crippen molar-refractivity contribution in [1.82, 2.24) is 25.4 Å². The zero-order valence-electron chi connectivity index (χ0n) is 9.67. The first-order valence-electron chi connectivity index (χ1n) is 5.08. The summed E-state index contributed by atoms with van der Waals surface area (Å²) in [5.41, 5.74) is 0. The van der Waals surface area contributed by atoms with Gasteiger partial charge in [0.25, 0.3) is 0 Å². The molecule has 1 heterocycles. The van der Waals surface area contributed by atoms with Crippen LogP contribution in [-0.2, 0) is 18.4 Å². The van der Waals surface area contributed by atoms with E-state index in [1.165, 1.54) is 17.9 Å². The molecule has 0 spiro atoms. The van der Waals surface area contributed by atoms with Gasteiger partial charge < -0.3 is 15.7 Å². The average Bonchev–Trinajstić information content (AvgIpc) is 2.69. The van der Waals surface area contributed by atoms with Gasteiger partial charge in [0.1, 0.15) is 6.33 Å². The van der Waals surface area contributed by atoms with Crippen molar-refractivity contribution in [1.29, 1.82) is 0 Å². The molecule has 0 fully saturated rings. The van der Waals surface area contributed by atoms with Crippen LogP contribution in [0.15, 0.2) is 6.33 Å². The number of nitrogens with one attached hydrogen (secondary N) is 2. The molecular formula is C9H15N5O3. The Morgan fingerprint density at radius 1 is 1.53 bits per heavy atom. The number of aryl methyl sites for hydroxylation is 1. The van der Waals surface area contributed by atoms with E-state index in [0.29, 0.717) is 5.82 Å². The van der Waals surface area contributed by atoms with Crippen molar-refractivity contribution in [3.8, 4) is 0 Å². The second-order valence-electron chi connectivity index (χ2n) is 3.64. The number of aromatic nitrogens is 3. The lowest BCUT2D eigenvalue weighted by atomic mass is 10.2. The van der Waals surface area contributed by atoms with E-state index in [0.717, 1.165) is 0 Å². The number of hydrogen-bond acceptors (Lipinski definition) is 4. The first-order valence-corrected chi connectivity index (χ1v) is 5.08. The average molecular weight is 241 g/mol. The third-order valence-corrected chi connectivity index (χ3v) is 2.04. The van der Waals surface area contributed by atoms with E-state index in [-0.39, 0.29) is 13.1 Å². The normalized spacial score (nSPS) is 11.9. The number of nitrogens with zero attached hydrogens (tertiary/aromatic N) is 3. The van der Waals surface area contributed by atoms with Gasteiger partial charge in [0.05, 0.1) is 12.5 Å². The third-order valence-electron chi connectivity index (χ3n) is 2.04. The molecule has 3 N–H and O–H groups in total. The Kier molecular flexibility index (Phi) is 4.44. The number of carboxylic acids is 1. The minimum absolute atomic E-state index is 0.0802. The Hall–Kier alpha value is -2.12. The maximum atomic E-state index is 11.3. The largest absolute Gasteiger partial charge is 0.481 e. The maximum Gasteiger partial charge on any atom is 0.315 e. The summed E-state index contributed by atoms with van der Waals surface area (Å²) in [6.07, 6.45) is 1.53. The van der Waals surface area contributed by atoms with Crippen LogP contribution in [0.1, 0.15) is 12.7 Å². The fourth-order valence-electron chi connectivity index (χ4n) is 1.02. The van der Waals surface area contributed by atoms with Crippen molar-refractivity contribution in [2.75, 3.05) is 6.54 Å². The molecule has 0 saturated heterocycles. The summed E-state index contributed by atoms with van der Waals surface area (Å²) in [5.74, 6) is -1.07. The van der Waals surface area contributed by atoms with Crippen LogP contribution in [0.3, 0.4) is 0 Å².